The van der Waals surface area contributed by atoms with Crippen molar-refractivity contribution in [2.45, 2.75) is 52.1 Å². The van der Waals surface area contributed by atoms with Gasteiger partial charge in [-0.3, -0.25) is 0 Å². The van der Waals surface area contributed by atoms with Gasteiger partial charge in [0, 0.05) is 5.56 Å². The van der Waals surface area contributed by atoms with Gasteiger partial charge in [0.2, 0.25) is 0 Å². The fraction of sp³-hybridized carbons (Fsp3) is 0.625. The largest absolute Gasteiger partial charge is 0.490 e. The van der Waals surface area contributed by atoms with Crippen LogP contribution in [0.1, 0.15) is 45.1 Å². The van der Waals surface area contributed by atoms with Gasteiger partial charge in [0.1, 0.15) is 6.54 Å². The van der Waals surface area contributed by atoms with Crippen LogP contribution in [-0.4, -0.2) is 19.3 Å². The van der Waals surface area contributed by atoms with Crippen LogP contribution < -0.4 is 14.8 Å². The van der Waals surface area contributed by atoms with Gasteiger partial charge in [-0.1, -0.05) is 0 Å². The summed E-state index contributed by atoms with van der Waals surface area (Å²) >= 11 is 2.34. The zero-order chi connectivity index (χ0) is 14.4. The molecule has 4 heteroatoms. The Morgan fingerprint density at radius 3 is 2.50 bits per heavy atom. The van der Waals surface area contributed by atoms with Crippen molar-refractivity contribution in [3.05, 3.63) is 21.3 Å². The summed E-state index contributed by atoms with van der Waals surface area (Å²) in [5.74, 6) is 1.77. The van der Waals surface area contributed by atoms with Gasteiger partial charge in [0.25, 0.3) is 0 Å². The molecule has 2 rings (SSSR count). The molecule has 1 aliphatic rings. The molecule has 0 spiro atoms. The molecule has 0 saturated heterocycles. The molecular weight excluding hydrogens is 365 g/mol. The molecule has 3 nitrogen and oxygen atoms in total. The van der Waals surface area contributed by atoms with E-state index in [1.807, 2.05) is 13.8 Å². The van der Waals surface area contributed by atoms with Crippen molar-refractivity contribution in [1.29, 1.82) is 0 Å². The van der Waals surface area contributed by atoms with Crippen molar-refractivity contribution in [2.24, 2.45) is 0 Å². The Bertz CT molecular complexity index is 431. The lowest BCUT2D eigenvalue weighted by Crippen LogP contribution is -2.87. The first-order valence-corrected chi connectivity index (χ1v) is 8.73. The zero-order valence-electron chi connectivity index (χ0n) is 12.5. The van der Waals surface area contributed by atoms with Gasteiger partial charge in [-0.15, -0.1) is 0 Å². The Morgan fingerprint density at radius 2 is 1.85 bits per heavy atom. The molecule has 0 bridgehead atoms. The molecule has 0 heterocycles. The van der Waals surface area contributed by atoms with Crippen LogP contribution in [0.4, 0.5) is 0 Å². The highest BCUT2D eigenvalue weighted by atomic mass is 127. The Kier molecular flexibility index (Phi) is 6.42. The van der Waals surface area contributed by atoms with Crippen LogP contribution in [0.15, 0.2) is 12.1 Å². The summed E-state index contributed by atoms with van der Waals surface area (Å²) in [6, 6.07) is 5.18. The van der Waals surface area contributed by atoms with Gasteiger partial charge in [-0.25, -0.2) is 0 Å². The van der Waals surface area contributed by atoms with E-state index in [1.54, 1.807) is 0 Å². The smallest absolute Gasteiger partial charge is 0.174 e. The second kappa shape index (κ2) is 8.08. The Balaban J connectivity index is 2.08. The molecule has 20 heavy (non-hydrogen) atoms. The third-order valence-corrected chi connectivity index (χ3v) is 4.55. The van der Waals surface area contributed by atoms with Crippen LogP contribution >= 0.6 is 22.6 Å². The van der Waals surface area contributed by atoms with Crippen molar-refractivity contribution in [2.75, 3.05) is 13.2 Å². The molecule has 0 aromatic heterocycles. The van der Waals surface area contributed by atoms with Crippen LogP contribution in [0.2, 0.25) is 0 Å². The fourth-order valence-electron chi connectivity index (χ4n) is 2.78. The van der Waals surface area contributed by atoms with E-state index in [1.165, 1.54) is 31.2 Å². The van der Waals surface area contributed by atoms with Crippen molar-refractivity contribution < 1.29 is 14.8 Å². The lowest BCUT2D eigenvalue weighted by Gasteiger charge is -2.15. The number of quaternary nitrogens is 1. The topological polar surface area (TPSA) is 35.1 Å². The highest BCUT2D eigenvalue weighted by Crippen LogP contribution is 2.34. The fourth-order valence-corrected chi connectivity index (χ4v) is 3.60. The number of benzene rings is 1. The molecule has 0 unspecified atom stereocenters. The maximum atomic E-state index is 5.74. The Morgan fingerprint density at radius 1 is 1.15 bits per heavy atom. The minimum atomic E-state index is 0.670. The molecule has 2 N–H and O–H groups in total. The maximum absolute atomic E-state index is 5.74. The van der Waals surface area contributed by atoms with Gasteiger partial charge >= 0.3 is 0 Å². The molecule has 0 amide bonds. The second-order valence-electron chi connectivity index (χ2n) is 5.26. The van der Waals surface area contributed by atoms with Gasteiger partial charge in [-0.2, -0.15) is 0 Å². The first-order chi connectivity index (χ1) is 9.74. The van der Waals surface area contributed by atoms with E-state index in [4.69, 9.17) is 9.47 Å². The summed E-state index contributed by atoms with van der Waals surface area (Å²) in [4.78, 5) is 0. The Hall–Kier alpha value is -0.490. The highest BCUT2D eigenvalue weighted by molar-refractivity contribution is 14.1. The third-order valence-electron chi connectivity index (χ3n) is 3.74. The van der Waals surface area contributed by atoms with Crippen LogP contribution in [-0.2, 0) is 6.54 Å². The van der Waals surface area contributed by atoms with Crippen molar-refractivity contribution >= 4 is 22.6 Å². The van der Waals surface area contributed by atoms with Crippen LogP contribution in [0.5, 0.6) is 11.5 Å². The van der Waals surface area contributed by atoms with E-state index in [-0.39, 0.29) is 0 Å². The highest BCUT2D eigenvalue weighted by Gasteiger charge is 2.18. The van der Waals surface area contributed by atoms with E-state index in [2.05, 4.69) is 40.0 Å². The van der Waals surface area contributed by atoms with Gasteiger partial charge in [-0.05, 0) is 74.3 Å². The number of halogens is 1. The predicted molar refractivity (Wildman–Crippen MR) is 89.4 cm³/mol. The maximum Gasteiger partial charge on any atom is 0.174 e. The molecule has 0 aliphatic heterocycles. The lowest BCUT2D eigenvalue weighted by atomic mass is 10.1. The van der Waals surface area contributed by atoms with E-state index < -0.39 is 0 Å². The first kappa shape index (κ1) is 15.9. The number of ether oxygens (including phenoxy) is 2. The molecule has 1 aliphatic carbocycles. The molecule has 0 radical (unpaired) electrons. The number of nitrogens with two attached hydrogens (primary N) is 1. The lowest BCUT2D eigenvalue weighted by molar-refractivity contribution is -0.703. The summed E-state index contributed by atoms with van der Waals surface area (Å²) in [6.45, 7) is 6.40. The van der Waals surface area contributed by atoms with Crippen LogP contribution in [0, 0.1) is 3.57 Å². The van der Waals surface area contributed by atoms with E-state index in [0.29, 0.717) is 13.2 Å². The summed E-state index contributed by atoms with van der Waals surface area (Å²) in [5, 5.41) is 2.48. The number of rotatable bonds is 7. The predicted octanol–water partition coefficient (Wildman–Crippen LogP) is 3.09. The van der Waals surface area contributed by atoms with Crippen LogP contribution in [0.25, 0.3) is 0 Å². The SMILES string of the molecule is CCOc1cc(C[NH2+]C2CCCC2)cc(I)c1OCC. The van der Waals surface area contributed by atoms with Crippen molar-refractivity contribution in [3.8, 4) is 11.5 Å². The summed E-state index contributed by atoms with van der Waals surface area (Å²) in [6.07, 6.45) is 5.53. The van der Waals surface area contributed by atoms with Gasteiger partial charge in [0.05, 0.1) is 22.8 Å². The van der Waals surface area contributed by atoms with Gasteiger partial charge < -0.3 is 14.8 Å². The van der Waals surface area contributed by atoms with Crippen molar-refractivity contribution in [1.82, 2.24) is 0 Å². The van der Waals surface area contributed by atoms with Crippen LogP contribution in [0.3, 0.4) is 0 Å². The third kappa shape index (κ3) is 4.25. The molecule has 1 fully saturated rings. The Labute approximate surface area is 135 Å². The summed E-state index contributed by atoms with van der Waals surface area (Å²) < 4.78 is 12.6. The normalized spacial score (nSPS) is 15.6. The molecule has 1 aromatic rings. The molecule has 1 saturated carbocycles. The molecular formula is C16H25INO2+. The van der Waals surface area contributed by atoms with E-state index in [9.17, 15) is 0 Å². The molecule has 1 aromatic carbocycles. The molecule has 0 atom stereocenters. The monoisotopic (exact) mass is 390 g/mol. The molecule has 112 valence electrons. The zero-order valence-corrected chi connectivity index (χ0v) is 14.6. The first-order valence-electron chi connectivity index (χ1n) is 7.66. The minimum absolute atomic E-state index is 0.670. The second-order valence-corrected chi connectivity index (χ2v) is 6.42. The standard InChI is InChI=1S/C16H24INO2/c1-3-19-15-10-12(9-14(17)16(15)20-4-2)11-18-13-7-5-6-8-13/h9-10,13,18H,3-8,11H2,1-2H3/p+1. The number of hydrogen-bond acceptors (Lipinski definition) is 2. The average Bonchev–Trinajstić information content (AvgIpc) is 2.94. The average molecular weight is 390 g/mol. The summed E-state index contributed by atoms with van der Waals surface area (Å²) in [5.41, 5.74) is 1.33. The quantitative estimate of drug-likeness (QED) is 0.727. The van der Waals surface area contributed by atoms with E-state index >= 15 is 0 Å². The summed E-state index contributed by atoms with van der Waals surface area (Å²) in [7, 11) is 0. The number of hydrogen-bond donors (Lipinski definition) is 1. The van der Waals surface area contributed by atoms with Gasteiger partial charge in [0.15, 0.2) is 11.5 Å². The minimum Gasteiger partial charge on any atom is -0.490 e. The van der Waals surface area contributed by atoms with Crippen molar-refractivity contribution in [3.63, 3.8) is 0 Å². The van der Waals surface area contributed by atoms with E-state index in [0.717, 1.165) is 27.7 Å².